The summed E-state index contributed by atoms with van der Waals surface area (Å²) in [5.74, 6) is 4.28. The van der Waals surface area contributed by atoms with Gasteiger partial charge in [0.25, 0.3) is 11.0 Å². The van der Waals surface area contributed by atoms with Crippen LogP contribution in [-0.4, -0.2) is 65.0 Å². The molecule has 1 fully saturated rings. The second-order valence-corrected chi connectivity index (χ2v) is 9.95. The molecule has 39 heavy (non-hydrogen) atoms. The number of nitrogens with zero attached hydrogens (tertiary/aromatic N) is 4. The molecule has 1 amide bonds. The monoisotopic (exact) mass is 599 g/mol. The van der Waals surface area contributed by atoms with Gasteiger partial charge in [-0.1, -0.05) is 35.0 Å². The molecule has 2 aromatic carbocycles. The third kappa shape index (κ3) is 7.07. The summed E-state index contributed by atoms with van der Waals surface area (Å²) in [6, 6.07) is 10.8. The number of carbonyl (C=O) groups excluding carboxylic acids is 1. The average Bonchev–Trinajstić information content (AvgIpc) is 3.31. The van der Waals surface area contributed by atoms with Gasteiger partial charge in [-0.25, -0.2) is 18.4 Å². The van der Waals surface area contributed by atoms with Crippen molar-refractivity contribution in [1.29, 1.82) is 0 Å². The maximum atomic E-state index is 13.6. The molecule has 0 unspecified atom stereocenters. The van der Waals surface area contributed by atoms with Gasteiger partial charge in [-0.3, -0.25) is 14.8 Å². The summed E-state index contributed by atoms with van der Waals surface area (Å²) in [6.45, 7) is -6.39. The number of hydrogen-bond acceptors (Lipinski definition) is 8. The van der Waals surface area contributed by atoms with Crippen LogP contribution in [0.5, 0.6) is 0 Å². The van der Waals surface area contributed by atoms with Crippen LogP contribution in [0.4, 0.5) is 0 Å². The summed E-state index contributed by atoms with van der Waals surface area (Å²) in [7, 11) is -5.76. The predicted octanol–water partition coefficient (Wildman–Crippen LogP) is 3.48. The summed E-state index contributed by atoms with van der Waals surface area (Å²) in [6.07, 6.45) is 0.0863. The minimum atomic E-state index is -5.76. The van der Waals surface area contributed by atoms with Crippen LogP contribution >= 0.6 is 23.2 Å². The SMILES string of the molecule is [2H]C1([2H])N(NC(=O)c2nc(-c3ccc(Cl)cc3Cl)n(-c3ccc(C#CCCO[N+](=O)[O-])cc3)c2C)C([2H])([2H])C([2H])([2H])S(=O)(=O)C1([2H])[2H]. The number of carbonyl (C=O) groups is 1. The molecule has 3 aromatic rings. The molecular formula is C25H23Cl2N5O6S. The van der Waals surface area contributed by atoms with Gasteiger partial charge in [-0.05, 0) is 49.4 Å². The van der Waals surface area contributed by atoms with Gasteiger partial charge < -0.3 is 4.84 Å². The number of sulfone groups is 1. The lowest BCUT2D eigenvalue weighted by Crippen LogP contribution is -2.50. The van der Waals surface area contributed by atoms with E-state index in [9.17, 15) is 23.3 Å². The van der Waals surface area contributed by atoms with E-state index in [2.05, 4.69) is 21.7 Å². The predicted molar refractivity (Wildman–Crippen MR) is 146 cm³/mol. The van der Waals surface area contributed by atoms with Gasteiger partial charge >= 0.3 is 0 Å². The number of nitrogens with one attached hydrogen (secondary N) is 1. The van der Waals surface area contributed by atoms with Gasteiger partial charge in [0, 0.05) is 52.2 Å². The van der Waals surface area contributed by atoms with Crippen LogP contribution in [0.25, 0.3) is 17.1 Å². The molecule has 1 aliphatic rings. The quantitative estimate of drug-likeness (QED) is 0.188. The van der Waals surface area contributed by atoms with E-state index in [0.29, 0.717) is 11.3 Å². The standard InChI is InChI=1S/C25H23Cl2N5O6S/c1-17-23(25(33)29-30-11-14-39(36,37)15-12-30)28-24(21-10-7-19(26)16-22(21)27)31(17)20-8-5-18(6-9-20)4-2-3-13-38-32(34)35/h5-10,16H,3,11-15H2,1H3,(H,29,33)/i11D2,12D2,14D2,15D2. The molecule has 1 saturated heterocycles. The lowest BCUT2D eigenvalue weighted by Gasteiger charge is -2.26. The van der Waals surface area contributed by atoms with E-state index in [4.69, 9.17) is 34.2 Å². The van der Waals surface area contributed by atoms with E-state index in [1.54, 1.807) is 24.3 Å². The van der Waals surface area contributed by atoms with Crippen LogP contribution < -0.4 is 5.43 Å². The average molecular weight is 601 g/mol. The molecule has 204 valence electrons. The Hall–Kier alpha value is -3.63. The summed E-state index contributed by atoms with van der Waals surface area (Å²) in [5.41, 5.74) is -5.38. The number of hydrazine groups is 1. The third-order valence-electron chi connectivity index (χ3n) is 5.07. The molecule has 4 rings (SSSR count). The van der Waals surface area contributed by atoms with Crippen LogP contribution in [0.15, 0.2) is 42.5 Å². The largest absolute Gasteiger partial charge is 0.313 e. The molecule has 0 spiro atoms. The van der Waals surface area contributed by atoms with Gasteiger partial charge in [0.1, 0.15) is 12.4 Å². The number of hydrogen-bond donors (Lipinski definition) is 1. The number of benzene rings is 2. The van der Waals surface area contributed by atoms with Crippen LogP contribution in [0, 0.1) is 28.9 Å². The van der Waals surface area contributed by atoms with Crippen molar-refractivity contribution >= 4 is 38.9 Å². The highest BCUT2D eigenvalue weighted by molar-refractivity contribution is 7.91. The lowest BCUT2D eigenvalue weighted by atomic mass is 10.1. The molecule has 1 aromatic heterocycles. The molecular weight excluding hydrogens is 569 g/mol. The van der Waals surface area contributed by atoms with Crippen LogP contribution in [0.2, 0.25) is 10.0 Å². The van der Waals surface area contributed by atoms with E-state index >= 15 is 0 Å². The van der Waals surface area contributed by atoms with Gasteiger partial charge in [-0.2, -0.15) is 0 Å². The van der Waals surface area contributed by atoms with Crippen molar-refractivity contribution in [2.24, 2.45) is 0 Å². The first-order valence-corrected chi connectivity index (χ1v) is 13.1. The van der Waals surface area contributed by atoms with E-state index in [1.807, 2.05) is 5.43 Å². The van der Waals surface area contributed by atoms with E-state index in [1.165, 1.54) is 29.7 Å². The molecule has 0 atom stereocenters. The lowest BCUT2D eigenvalue weighted by molar-refractivity contribution is -0.757. The third-order valence-corrected chi connectivity index (χ3v) is 6.34. The zero-order chi connectivity index (χ0) is 35.3. The van der Waals surface area contributed by atoms with E-state index < -0.39 is 50.9 Å². The van der Waals surface area contributed by atoms with Crippen LogP contribution in [0.3, 0.4) is 0 Å². The fourth-order valence-electron chi connectivity index (χ4n) is 3.39. The summed E-state index contributed by atoms with van der Waals surface area (Å²) >= 11 is 12.5. The normalized spacial score (nSPS) is 22.9. The van der Waals surface area contributed by atoms with Crippen LogP contribution in [0.1, 0.15) is 39.1 Å². The first kappa shape index (κ1) is 19.4. The van der Waals surface area contributed by atoms with Gasteiger partial charge in [0.2, 0.25) is 0 Å². The highest BCUT2D eigenvalue weighted by Crippen LogP contribution is 2.33. The molecule has 14 heteroatoms. The Labute approximate surface area is 245 Å². The number of halogens is 2. The number of aromatic nitrogens is 2. The Bertz CT molecular complexity index is 1900. The Morgan fingerprint density at radius 2 is 1.92 bits per heavy atom. The highest BCUT2D eigenvalue weighted by atomic mass is 35.5. The molecule has 0 saturated carbocycles. The van der Waals surface area contributed by atoms with Gasteiger partial charge in [0.05, 0.1) is 22.1 Å². The molecule has 2 heterocycles. The molecule has 0 bridgehead atoms. The maximum absolute atomic E-state index is 13.6. The molecule has 1 N–H and O–H groups in total. The maximum Gasteiger partial charge on any atom is 0.294 e. The highest BCUT2D eigenvalue weighted by Gasteiger charge is 2.27. The Morgan fingerprint density at radius 3 is 2.56 bits per heavy atom. The van der Waals surface area contributed by atoms with Gasteiger partial charge in [-0.15, -0.1) is 10.1 Å². The fourth-order valence-corrected chi connectivity index (χ4v) is 4.36. The van der Waals surface area contributed by atoms with Crippen molar-refractivity contribution < 1.29 is 34.1 Å². The van der Waals surface area contributed by atoms with Crippen molar-refractivity contribution in [2.75, 3.05) is 31.0 Å². The number of amides is 1. The minimum absolute atomic E-state index is 0.0583. The zero-order valence-corrected chi connectivity index (χ0v) is 22.2. The van der Waals surface area contributed by atoms with Gasteiger partial charge in [0.15, 0.2) is 15.5 Å². The molecule has 0 radical (unpaired) electrons. The van der Waals surface area contributed by atoms with Crippen molar-refractivity contribution in [3.8, 4) is 28.9 Å². The number of rotatable bonds is 7. The van der Waals surface area contributed by atoms with Crippen molar-refractivity contribution in [2.45, 2.75) is 13.3 Å². The zero-order valence-electron chi connectivity index (χ0n) is 27.9. The number of imidazole rings is 1. The van der Waals surface area contributed by atoms with E-state index in [-0.39, 0.29) is 45.2 Å². The minimum Gasteiger partial charge on any atom is -0.313 e. The summed E-state index contributed by atoms with van der Waals surface area (Å²) < 4.78 is 91.1. The second-order valence-electron chi connectivity index (χ2n) is 7.69. The van der Waals surface area contributed by atoms with Crippen molar-refractivity contribution in [3.05, 3.63) is 79.6 Å². The molecule has 11 nitrogen and oxygen atoms in total. The Morgan fingerprint density at radius 1 is 1.23 bits per heavy atom. The fraction of sp³-hybridized carbons (Fsp3) is 0.280. The Kier molecular flexibility index (Phi) is 6.00. The van der Waals surface area contributed by atoms with E-state index in [0.717, 1.165) is 0 Å². The van der Waals surface area contributed by atoms with Crippen molar-refractivity contribution in [3.63, 3.8) is 0 Å². The summed E-state index contributed by atoms with van der Waals surface area (Å²) in [5, 5.41) is 9.41. The Balaban J connectivity index is 1.80. The summed E-state index contributed by atoms with van der Waals surface area (Å²) in [4.78, 5) is 32.5. The first-order chi connectivity index (χ1) is 21.6. The van der Waals surface area contributed by atoms with Crippen molar-refractivity contribution in [1.82, 2.24) is 20.0 Å². The molecule has 0 aliphatic carbocycles. The second kappa shape index (κ2) is 12.0. The smallest absolute Gasteiger partial charge is 0.294 e. The van der Waals surface area contributed by atoms with Crippen LogP contribution in [-0.2, 0) is 14.7 Å². The first-order valence-electron chi connectivity index (χ1n) is 14.9. The topological polar surface area (TPSA) is 137 Å². The molecule has 1 aliphatic heterocycles.